The largest absolute Gasteiger partial charge is 0.381 e. The molecule has 0 N–H and O–H groups in total. The molecule has 1 aromatic heterocycles. The lowest BCUT2D eigenvalue weighted by Crippen LogP contribution is -2.11. The zero-order valence-corrected chi connectivity index (χ0v) is 11.4. The molecule has 0 bridgehead atoms. The predicted molar refractivity (Wildman–Crippen MR) is 73.4 cm³/mol. The number of aliphatic imine (C=N–C) groups is 1. The third kappa shape index (κ3) is 3.62. The molecule has 19 heavy (non-hydrogen) atoms. The summed E-state index contributed by atoms with van der Waals surface area (Å²) >= 11 is 0. The van der Waals surface area contributed by atoms with Crippen molar-refractivity contribution in [3.63, 3.8) is 0 Å². The molecule has 1 saturated carbocycles. The smallest absolute Gasteiger partial charge is 0.123 e. The zero-order chi connectivity index (χ0) is 12.9. The Morgan fingerprint density at radius 1 is 1.32 bits per heavy atom. The first-order valence-electron chi connectivity index (χ1n) is 7.41. The third-order valence-corrected chi connectivity index (χ3v) is 4.02. The van der Waals surface area contributed by atoms with Gasteiger partial charge in [-0.3, -0.25) is 9.67 Å². The van der Waals surface area contributed by atoms with E-state index in [1.807, 2.05) is 17.1 Å². The fourth-order valence-electron chi connectivity index (χ4n) is 2.87. The molecule has 2 fully saturated rings. The molecular weight excluding hydrogens is 240 g/mol. The van der Waals surface area contributed by atoms with E-state index in [0.717, 1.165) is 31.9 Å². The van der Waals surface area contributed by atoms with Crippen LogP contribution in [0.5, 0.6) is 0 Å². The van der Waals surface area contributed by atoms with Crippen LogP contribution in [0.25, 0.3) is 0 Å². The second-order valence-corrected chi connectivity index (χ2v) is 5.67. The van der Waals surface area contributed by atoms with Crippen molar-refractivity contribution in [1.29, 1.82) is 0 Å². The number of rotatable bonds is 4. The van der Waals surface area contributed by atoms with E-state index < -0.39 is 0 Å². The summed E-state index contributed by atoms with van der Waals surface area (Å²) in [5.41, 5.74) is 0.879. The van der Waals surface area contributed by atoms with Gasteiger partial charge in [-0.05, 0) is 19.3 Å². The van der Waals surface area contributed by atoms with E-state index in [4.69, 9.17) is 4.74 Å². The molecule has 1 aliphatic heterocycles. The monoisotopic (exact) mass is 262 g/mol. The molecule has 0 unspecified atom stereocenters. The van der Waals surface area contributed by atoms with Crippen LogP contribution in [0.3, 0.4) is 0 Å². The van der Waals surface area contributed by atoms with Gasteiger partial charge in [0.1, 0.15) is 5.69 Å². The van der Waals surface area contributed by atoms with E-state index in [0.29, 0.717) is 12.0 Å². The summed E-state index contributed by atoms with van der Waals surface area (Å²) in [5, 5.41) is 8.33. The van der Waals surface area contributed by atoms with Gasteiger partial charge in [-0.15, -0.1) is 5.10 Å². The van der Waals surface area contributed by atoms with Crippen LogP contribution >= 0.6 is 0 Å². The Kier molecular flexibility index (Phi) is 4.23. The molecule has 3 rings (SSSR count). The summed E-state index contributed by atoms with van der Waals surface area (Å²) in [6.45, 7) is 2.64. The first-order chi connectivity index (χ1) is 9.40. The van der Waals surface area contributed by atoms with Gasteiger partial charge in [-0.2, -0.15) is 0 Å². The molecule has 1 aromatic rings. The minimum absolute atomic E-state index is 0.502. The van der Waals surface area contributed by atoms with Crippen LogP contribution in [0.15, 0.2) is 11.2 Å². The number of hydrogen-bond donors (Lipinski definition) is 0. The van der Waals surface area contributed by atoms with Crippen molar-refractivity contribution in [3.8, 4) is 0 Å². The minimum atomic E-state index is 0.502. The Labute approximate surface area is 114 Å². The Balaban J connectivity index is 1.53. The van der Waals surface area contributed by atoms with Gasteiger partial charge in [0.05, 0.1) is 25.1 Å². The molecule has 5 heteroatoms. The molecule has 0 aromatic carbocycles. The summed E-state index contributed by atoms with van der Waals surface area (Å²) in [7, 11) is 0. The average molecular weight is 262 g/mol. The van der Waals surface area contributed by atoms with E-state index in [9.17, 15) is 0 Å². The summed E-state index contributed by atoms with van der Waals surface area (Å²) in [6.07, 6.45) is 11.5. The summed E-state index contributed by atoms with van der Waals surface area (Å²) < 4.78 is 7.29. The van der Waals surface area contributed by atoms with Gasteiger partial charge in [-0.1, -0.05) is 24.5 Å². The highest BCUT2D eigenvalue weighted by Gasteiger charge is 2.16. The van der Waals surface area contributed by atoms with Crippen molar-refractivity contribution in [2.45, 2.75) is 51.1 Å². The third-order valence-electron chi connectivity index (χ3n) is 4.02. The fraction of sp³-hybridized carbons (Fsp3) is 0.786. The summed E-state index contributed by atoms with van der Waals surface area (Å²) in [5.74, 6) is 0.588. The lowest BCUT2D eigenvalue weighted by Gasteiger charge is -2.16. The lowest BCUT2D eigenvalue weighted by atomic mass is 9.96. The van der Waals surface area contributed by atoms with Crippen LogP contribution in [0.1, 0.15) is 44.2 Å². The van der Waals surface area contributed by atoms with Crippen molar-refractivity contribution in [2.75, 3.05) is 13.2 Å². The molecular formula is C14H22N4O. The van der Waals surface area contributed by atoms with E-state index in [1.54, 1.807) is 0 Å². The summed E-state index contributed by atoms with van der Waals surface area (Å²) in [4.78, 5) is 4.63. The quantitative estimate of drug-likeness (QED) is 0.780. The van der Waals surface area contributed by atoms with E-state index in [-0.39, 0.29) is 0 Å². The molecule has 5 nitrogen and oxygen atoms in total. The SMILES string of the molecule is C(=NC1CCCCC1)c1cn(C[C@@H]2CCOC2)nn1. The second-order valence-electron chi connectivity index (χ2n) is 5.67. The molecule has 0 amide bonds. The highest BCUT2D eigenvalue weighted by Crippen LogP contribution is 2.20. The molecule has 2 heterocycles. The highest BCUT2D eigenvalue weighted by molar-refractivity contribution is 5.76. The minimum Gasteiger partial charge on any atom is -0.381 e. The van der Waals surface area contributed by atoms with Crippen molar-refractivity contribution in [3.05, 3.63) is 11.9 Å². The van der Waals surface area contributed by atoms with Gasteiger partial charge in [-0.25, -0.2) is 0 Å². The normalized spacial score (nSPS) is 25.4. The van der Waals surface area contributed by atoms with Crippen molar-refractivity contribution < 1.29 is 4.74 Å². The van der Waals surface area contributed by atoms with E-state index in [2.05, 4.69) is 15.3 Å². The van der Waals surface area contributed by atoms with Crippen LogP contribution in [0.2, 0.25) is 0 Å². The molecule has 1 atom stereocenters. The van der Waals surface area contributed by atoms with Gasteiger partial charge < -0.3 is 4.74 Å². The van der Waals surface area contributed by atoms with Crippen LogP contribution < -0.4 is 0 Å². The Hall–Kier alpha value is -1.23. The van der Waals surface area contributed by atoms with E-state index in [1.165, 1.54) is 32.1 Å². The Bertz CT molecular complexity index is 417. The molecule has 0 spiro atoms. The number of ether oxygens (including phenoxy) is 1. The maximum Gasteiger partial charge on any atom is 0.123 e. The topological polar surface area (TPSA) is 52.3 Å². The van der Waals surface area contributed by atoms with Gasteiger partial charge in [0, 0.05) is 19.1 Å². The Morgan fingerprint density at radius 2 is 2.21 bits per heavy atom. The first kappa shape index (κ1) is 12.8. The van der Waals surface area contributed by atoms with Crippen molar-refractivity contribution in [2.24, 2.45) is 10.9 Å². The Morgan fingerprint density at radius 3 is 3.00 bits per heavy atom. The second kappa shape index (κ2) is 6.28. The van der Waals surface area contributed by atoms with Crippen molar-refractivity contribution in [1.82, 2.24) is 15.0 Å². The van der Waals surface area contributed by atoms with Gasteiger partial charge in [0.2, 0.25) is 0 Å². The van der Waals surface area contributed by atoms with E-state index >= 15 is 0 Å². The van der Waals surface area contributed by atoms with Gasteiger partial charge in [0.15, 0.2) is 0 Å². The summed E-state index contributed by atoms with van der Waals surface area (Å²) in [6, 6.07) is 0.502. The van der Waals surface area contributed by atoms with Crippen molar-refractivity contribution >= 4 is 6.21 Å². The lowest BCUT2D eigenvalue weighted by molar-refractivity contribution is 0.181. The predicted octanol–water partition coefficient (Wildman–Crippen LogP) is 2.07. The molecule has 1 aliphatic carbocycles. The number of nitrogens with zero attached hydrogens (tertiary/aromatic N) is 4. The molecule has 0 radical (unpaired) electrons. The number of hydrogen-bond acceptors (Lipinski definition) is 4. The zero-order valence-electron chi connectivity index (χ0n) is 11.4. The van der Waals surface area contributed by atoms with Crippen LogP contribution in [0, 0.1) is 5.92 Å². The van der Waals surface area contributed by atoms with Crippen LogP contribution in [-0.4, -0.2) is 40.5 Å². The average Bonchev–Trinajstić information content (AvgIpc) is 3.10. The standard InChI is InChI=1S/C14H22N4O/c1-2-4-13(5-3-1)15-8-14-10-18(17-16-14)9-12-6-7-19-11-12/h8,10,12-13H,1-7,9,11H2/t12-/m0/s1. The molecule has 2 aliphatic rings. The first-order valence-corrected chi connectivity index (χ1v) is 7.41. The van der Waals surface area contributed by atoms with Crippen LogP contribution in [0.4, 0.5) is 0 Å². The highest BCUT2D eigenvalue weighted by atomic mass is 16.5. The van der Waals surface area contributed by atoms with Gasteiger partial charge in [0.25, 0.3) is 0 Å². The number of aromatic nitrogens is 3. The molecule has 1 saturated heterocycles. The molecule has 104 valence electrons. The maximum atomic E-state index is 5.38. The van der Waals surface area contributed by atoms with Gasteiger partial charge >= 0.3 is 0 Å². The maximum absolute atomic E-state index is 5.38. The van der Waals surface area contributed by atoms with Crippen LogP contribution in [-0.2, 0) is 11.3 Å². The fourth-order valence-corrected chi connectivity index (χ4v) is 2.87.